The van der Waals surface area contributed by atoms with Crippen molar-refractivity contribution >= 4 is 34.5 Å². The minimum absolute atomic E-state index is 0.151. The Hall–Kier alpha value is -5.30. The number of pyridine rings is 1. The van der Waals surface area contributed by atoms with Gasteiger partial charge in [0.15, 0.2) is 5.65 Å². The van der Waals surface area contributed by atoms with Crippen LogP contribution in [0.4, 0.5) is 0 Å². The number of carbonyl (C=O) groups excluding carboxylic acids is 1. The van der Waals surface area contributed by atoms with Gasteiger partial charge in [-0.05, 0) is 54.6 Å². The second-order valence-electron chi connectivity index (χ2n) is 9.64. The molecule has 3 aromatic heterocycles. The molecular formula is C33H27N5O2. The Bertz CT molecular complexity index is 1940. The average Bonchev–Trinajstić information content (AvgIpc) is 3.32. The standard InChI is InChI=1S/C33H27N5O2/c1-22(35-32(39)29-23(2)36-37-20-10-19-34-31(29)37)28-21-26-14-9-13-25(18-17-24-11-5-3-6-12-24)30(26)33(40)38(28)27-15-7-4-8-16-27/h3-22H,1-2H3,(H,35,39)/b18-17+/t22-/m1/s1. The van der Waals surface area contributed by atoms with Crippen molar-refractivity contribution in [2.75, 3.05) is 0 Å². The lowest BCUT2D eigenvalue weighted by atomic mass is 10.0. The van der Waals surface area contributed by atoms with Crippen molar-refractivity contribution in [2.24, 2.45) is 0 Å². The molecule has 1 atom stereocenters. The van der Waals surface area contributed by atoms with Crippen LogP contribution >= 0.6 is 0 Å². The molecule has 0 bridgehead atoms. The predicted octanol–water partition coefficient (Wildman–Crippen LogP) is 6.00. The highest BCUT2D eigenvalue weighted by atomic mass is 16.2. The largest absolute Gasteiger partial charge is 0.344 e. The highest BCUT2D eigenvalue weighted by Gasteiger charge is 2.23. The van der Waals surface area contributed by atoms with Gasteiger partial charge in [0, 0.05) is 23.8 Å². The molecule has 0 aliphatic carbocycles. The molecule has 6 rings (SSSR count). The van der Waals surface area contributed by atoms with E-state index in [-0.39, 0.29) is 11.5 Å². The summed E-state index contributed by atoms with van der Waals surface area (Å²) < 4.78 is 3.28. The van der Waals surface area contributed by atoms with Crippen LogP contribution in [0.25, 0.3) is 34.3 Å². The van der Waals surface area contributed by atoms with E-state index in [0.717, 1.165) is 22.2 Å². The van der Waals surface area contributed by atoms with Crippen LogP contribution in [-0.2, 0) is 0 Å². The normalized spacial score (nSPS) is 12.2. The Labute approximate surface area is 231 Å². The van der Waals surface area contributed by atoms with Gasteiger partial charge in [-0.15, -0.1) is 0 Å². The Kier molecular flexibility index (Phi) is 6.54. The van der Waals surface area contributed by atoms with Gasteiger partial charge in [0.25, 0.3) is 11.5 Å². The van der Waals surface area contributed by atoms with Gasteiger partial charge in [-0.3, -0.25) is 14.2 Å². The third-order valence-corrected chi connectivity index (χ3v) is 6.97. The van der Waals surface area contributed by atoms with Crippen LogP contribution in [0.3, 0.4) is 0 Å². The SMILES string of the molecule is Cc1nn2cccnc2c1C(=O)N[C@H](C)c1cc2cccc(/C=C/c3ccccc3)c2c(=O)n1-c1ccccc1. The third kappa shape index (κ3) is 4.58. The molecule has 7 heteroatoms. The predicted molar refractivity (Wildman–Crippen MR) is 159 cm³/mol. The summed E-state index contributed by atoms with van der Waals surface area (Å²) in [6.07, 6.45) is 7.37. The Balaban J connectivity index is 1.47. The van der Waals surface area contributed by atoms with E-state index in [4.69, 9.17) is 0 Å². The second-order valence-corrected chi connectivity index (χ2v) is 9.64. The summed E-state index contributed by atoms with van der Waals surface area (Å²) in [6, 6.07) is 28.6. The number of hydrogen-bond donors (Lipinski definition) is 1. The van der Waals surface area contributed by atoms with Gasteiger partial charge in [0.1, 0.15) is 5.56 Å². The third-order valence-electron chi connectivity index (χ3n) is 6.97. The van der Waals surface area contributed by atoms with Gasteiger partial charge in [0.2, 0.25) is 0 Å². The molecule has 1 N–H and O–H groups in total. The van der Waals surface area contributed by atoms with Crippen LogP contribution in [0, 0.1) is 6.92 Å². The van der Waals surface area contributed by atoms with E-state index in [1.54, 1.807) is 34.5 Å². The lowest BCUT2D eigenvalue weighted by Crippen LogP contribution is -2.32. The number of hydrogen-bond acceptors (Lipinski definition) is 4. The fourth-order valence-corrected chi connectivity index (χ4v) is 5.07. The molecule has 0 spiro atoms. The Morgan fingerprint density at radius 3 is 2.45 bits per heavy atom. The summed E-state index contributed by atoms with van der Waals surface area (Å²) in [5.74, 6) is -0.301. The number of nitrogens with one attached hydrogen (secondary N) is 1. The van der Waals surface area contributed by atoms with Gasteiger partial charge in [0.05, 0.1) is 17.1 Å². The van der Waals surface area contributed by atoms with Gasteiger partial charge < -0.3 is 5.32 Å². The van der Waals surface area contributed by atoms with E-state index < -0.39 is 6.04 Å². The molecular weight excluding hydrogens is 498 g/mol. The molecule has 196 valence electrons. The van der Waals surface area contributed by atoms with Crippen molar-refractivity contribution < 1.29 is 4.79 Å². The molecule has 0 aliphatic heterocycles. The van der Waals surface area contributed by atoms with E-state index in [1.807, 2.05) is 104 Å². The van der Waals surface area contributed by atoms with E-state index >= 15 is 0 Å². The first kappa shape index (κ1) is 25.0. The molecule has 1 amide bonds. The zero-order chi connectivity index (χ0) is 27.6. The molecule has 0 saturated heterocycles. The molecule has 0 saturated carbocycles. The zero-order valence-corrected chi connectivity index (χ0v) is 22.2. The summed E-state index contributed by atoms with van der Waals surface area (Å²) in [6.45, 7) is 3.67. The van der Waals surface area contributed by atoms with Crippen molar-refractivity contribution in [3.8, 4) is 5.69 Å². The molecule has 3 aromatic carbocycles. The number of para-hydroxylation sites is 1. The Morgan fingerprint density at radius 1 is 0.925 bits per heavy atom. The van der Waals surface area contributed by atoms with Crippen LogP contribution < -0.4 is 10.9 Å². The van der Waals surface area contributed by atoms with Crippen LogP contribution in [0.1, 0.15) is 45.8 Å². The number of rotatable bonds is 6. The van der Waals surface area contributed by atoms with E-state index in [9.17, 15) is 9.59 Å². The number of benzene rings is 3. The van der Waals surface area contributed by atoms with E-state index in [1.165, 1.54) is 0 Å². The van der Waals surface area contributed by atoms with Crippen molar-refractivity contribution in [2.45, 2.75) is 19.9 Å². The van der Waals surface area contributed by atoms with Crippen LogP contribution in [0.2, 0.25) is 0 Å². The molecule has 0 unspecified atom stereocenters. The first-order valence-electron chi connectivity index (χ1n) is 13.1. The number of nitrogens with zero attached hydrogens (tertiary/aromatic N) is 4. The first-order chi connectivity index (χ1) is 19.5. The van der Waals surface area contributed by atoms with Crippen molar-refractivity contribution in [1.29, 1.82) is 0 Å². The van der Waals surface area contributed by atoms with Crippen molar-refractivity contribution in [1.82, 2.24) is 24.5 Å². The fourth-order valence-electron chi connectivity index (χ4n) is 5.07. The lowest BCUT2D eigenvalue weighted by molar-refractivity contribution is 0.0939. The molecule has 7 nitrogen and oxygen atoms in total. The van der Waals surface area contributed by atoms with Gasteiger partial charge in [-0.2, -0.15) is 5.10 Å². The van der Waals surface area contributed by atoms with E-state index in [2.05, 4.69) is 15.4 Å². The number of amides is 1. The number of carbonyl (C=O) groups is 1. The highest BCUT2D eigenvalue weighted by Crippen LogP contribution is 2.25. The summed E-state index contributed by atoms with van der Waals surface area (Å²) >= 11 is 0. The summed E-state index contributed by atoms with van der Waals surface area (Å²) in [5, 5.41) is 8.92. The molecule has 0 fully saturated rings. The maximum absolute atomic E-state index is 14.2. The van der Waals surface area contributed by atoms with Gasteiger partial charge >= 0.3 is 0 Å². The molecule has 0 aliphatic rings. The summed E-state index contributed by atoms with van der Waals surface area (Å²) in [4.78, 5) is 32.1. The zero-order valence-electron chi connectivity index (χ0n) is 22.2. The monoisotopic (exact) mass is 525 g/mol. The van der Waals surface area contributed by atoms with Crippen molar-refractivity contribution in [3.63, 3.8) is 0 Å². The number of fused-ring (bicyclic) bond motifs is 2. The molecule has 0 radical (unpaired) electrons. The Morgan fingerprint density at radius 2 is 1.68 bits per heavy atom. The molecule has 40 heavy (non-hydrogen) atoms. The maximum Gasteiger partial charge on any atom is 0.263 e. The smallest absolute Gasteiger partial charge is 0.263 e. The molecule has 6 aromatic rings. The minimum atomic E-state index is -0.494. The van der Waals surface area contributed by atoms with Crippen LogP contribution in [-0.4, -0.2) is 25.1 Å². The topological polar surface area (TPSA) is 81.3 Å². The minimum Gasteiger partial charge on any atom is -0.344 e. The highest BCUT2D eigenvalue weighted by molar-refractivity contribution is 6.01. The number of aryl methyl sites for hydroxylation is 1. The quantitative estimate of drug-likeness (QED) is 0.270. The number of aromatic nitrogens is 4. The summed E-state index contributed by atoms with van der Waals surface area (Å²) in [7, 11) is 0. The average molecular weight is 526 g/mol. The summed E-state index contributed by atoms with van der Waals surface area (Å²) in [5.41, 5.74) is 4.60. The maximum atomic E-state index is 14.2. The van der Waals surface area contributed by atoms with E-state index in [0.29, 0.717) is 28.0 Å². The van der Waals surface area contributed by atoms with Crippen molar-refractivity contribution in [3.05, 3.63) is 142 Å². The first-order valence-corrected chi connectivity index (χ1v) is 13.1. The van der Waals surface area contributed by atoms with Gasteiger partial charge in [-0.25, -0.2) is 9.50 Å². The lowest BCUT2D eigenvalue weighted by Gasteiger charge is -2.21. The van der Waals surface area contributed by atoms with Crippen LogP contribution in [0.15, 0.2) is 108 Å². The van der Waals surface area contributed by atoms with Crippen LogP contribution in [0.5, 0.6) is 0 Å². The van der Waals surface area contributed by atoms with Gasteiger partial charge in [-0.1, -0.05) is 78.9 Å². The second kappa shape index (κ2) is 10.5. The molecule has 3 heterocycles. The fraction of sp³-hybridized carbons (Fsp3) is 0.0909.